The van der Waals surface area contributed by atoms with Crippen molar-refractivity contribution in [1.82, 2.24) is 35.4 Å². The van der Waals surface area contributed by atoms with Crippen molar-refractivity contribution in [1.29, 1.82) is 0 Å². The summed E-state index contributed by atoms with van der Waals surface area (Å²) in [7, 11) is 0. The van der Waals surface area contributed by atoms with Crippen LogP contribution in [0.2, 0.25) is 0 Å². The lowest BCUT2D eigenvalue weighted by Crippen LogP contribution is -2.25. The zero-order valence-electron chi connectivity index (χ0n) is 15.8. The summed E-state index contributed by atoms with van der Waals surface area (Å²) in [5, 5.41) is 23.9. The molecule has 0 fully saturated rings. The fraction of sp³-hybridized carbons (Fsp3) is 0.263. The molecule has 0 aliphatic heterocycles. The summed E-state index contributed by atoms with van der Waals surface area (Å²) < 4.78 is 0. The molecule has 2 aromatic heterocycles. The third-order valence-corrected chi connectivity index (χ3v) is 4.16. The van der Waals surface area contributed by atoms with Crippen LogP contribution in [-0.2, 0) is 16.8 Å². The van der Waals surface area contributed by atoms with Gasteiger partial charge in [-0.1, -0.05) is 42.5 Å². The first-order valence-electron chi connectivity index (χ1n) is 8.90. The van der Waals surface area contributed by atoms with Crippen molar-refractivity contribution in [3.8, 4) is 11.4 Å². The van der Waals surface area contributed by atoms with E-state index in [0.29, 0.717) is 11.6 Å². The van der Waals surface area contributed by atoms with Crippen LogP contribution in [0.3, 0.4) is 0 Å². The minimum atomic E-state index is -0.308. The van der Waals surface area contributed by atoms with Crippen molar-refractivity contribution >= 4 is 22.6 Å². The lowest BCUT2D eigenvalue weighted by Gasteiger charge is -2.15. The van der Waals surface area contributed by atoms with Crippen LogP contribution >= 0.6 is 0 Å². The van der Waals surface area contributed by atoms with Crippen molar-refractivity contribution in [2.75, 3.05) is 5.32 Å². The number of fused-ring (bicyclic) bond motifs is 1. The van der Waals surface area contributed by atoms with Crippen LogP contribution < -0.4 is 5.32 Å². The lowest BCUT2D eigenvalue weighted by atomic mass is 10.0. The molecule has 9 heteroatoms. The normalized spacial score (nSPS) is 11.7. The Morgan fingerprint density at radius 2 is 1.93 bits per heavy atom. The Balaban J connectivity index is 1.49. The molecular formula is C19H20N8O. The van der Waals surface area contributed by atoms with E-state index < -0.39 is 0 Å². The number of benzene rings is 2. The minimum Gasteiger partial charge on any atom is -0.293 e. The molecule has 1 amide bonds. The van der Waals surface area contributed by atoms with Crippen LogP contribution in [0.15, 0.2) is 42.5 Å². The Morgan fingerprint density at radius 3 is 2.71 bits per heavy atom. The van der Waals surface area contributed by atoms with Gasteiger partial charge in [0.1, 0.15) is 0 Å². The van der Waals surface area contributed by atoms with Crippen molar-refractivity contribution in [3.63, 3.8) is 0 Å². The third kappa shape index (κ3) is 3.59. The van der Waals surface area contributed by atoms with E-state index in [0.717, 1.165) is 16.3 Å². The van der Waals surface area contributed by atoms with Gasteiger partial charge in [-0.15, -0.1) is 15.3 Å². The molecule has 0 atom stereocenters. The van der Waals surface area contributed by atoms with Gasteiger partial charge in [0.25, 0.3) is 0 Å². The standard InChI is InChI=1S/C19H20N8O/c1-19(2,3)27-25-15(22-26-27)11-16(28)20-18-21-17(23-24-18)14-10-6-8-12-7-4-5-9-13(12)14/h4-10H,11H2,1-3H3,(H2,20,21,23,24,28). The number of nitrogens with one attached hydrogen (secondary N) is 2. The number of H-pyrrole nitrogens is 1. The number of tetrazole rings is 1. The molecule has 4 aromatic rings. The number of anilines is 1. The SMILES string of the molecule is CC(C)(C)n1nnc(CC(=O)Nc2n[nH]c(-c3cccc4ccccc34)n2)n1. The van der Waals surface area contributed by atoms with Gasteiger partial charge in [0.05, 0.1) is 12.0 Å². The first-order chi connectivity index (χ1) is 13.4. The zero-order valence-corrected chi connectivity index (χ0v) is 15.8. The molecule has 0 spiro atoms. The Morgan fingerprint density at radius 1 is 1.14 bits per heavy atom. The molecule has 28 heavy (non-hydrogen) atoms. The highest BCUT2D eigenvalue weighted by molar-refractivity contribution is 5.95. The van der Waals surface area contributed by atoms with Gasteiger partial charge in [-0.25, -0.2) is 0 Å². The average molecular weight is 376 g/mol. The van der Waals surface area contributed by atoms with E-state index in [1.165, 1.54) is 4.80 Å². The predicted octanol–water partition coefficient (Wildman–Crippen LogP) is 2.55. The number of aromatic nitrogens is 7. The third-order valence-electron chi connectivity index (χ3n) is 4.16. The van der Waals surface area contributed by atoms with E-state index in [2.05, 4.69) is 35.9 Å². The van der Waals surface area contributed by atoms with Gasteiger partial charge in [-0.2, -0.15) is 9.78 Å². The second-order valence-corrected chi connectivity index (χ2v) is 7.43. The largest absolute Gasteiger partial charge is 0.293 e. The number of nitrogens with zero attached hydrogens (tertiary/aromatic N) is 6. The molecule has 0 aliphatic rings. The highest BCUT2D eigenvalue weighted by atomic mass is 16.1. The first-order valence-corrected chi connectivity index (χ1v) is 8.90. The second-order valence-electron chi connectivity index (χ2n) is 7.43. The fourth-order valence-electron chi connectivity index (χ4n) is 2.78. The molecule has 0 saturated heterocycles. The molecule has 142 valence electrons. The summed E-state index contributed by atoms with van der Waals surface area (Å²) in [6.45, 7) is 5.88. The first kappa shape index (κ1) is 17.8. The quantitative estimate of drug-likeness (QED) is 0.566. The van der Waals surface area contributed by atoms with Gasteiger partial charge in [-0.3, -0.25) is 15.2 Å². The van der Waals surface area contributed by atoms with E-state index in [1.807, 2.05) is 63.2 Å². The smallest absolute Gasteiger partial charge is 0.249 e. The molecule has 9 nitrogen and oxygen atoms in total. The topological polar surface area (TPSA) is 114 Å². The summed E-state index contributed by atoms with van der Waals surface area (Å²) in [4.78, 5) is 18.2. The molecule has 2 heterocycles. The van der Waals surface area contributed by atoms with Gasteiger partial charge < -0.3 is 0 Å². The van der Waals surface area contributed by atoms with Crippen LogP contribution in [0.5, 0.6) is 0 Å². The second kappa shape index (κ2) is 6.84. The van der Waals surface area contributed by atoms with Crippen LogP contribution in [0.25, 0.3) is 22.2 Å². The van der Waals surface area contributed by atoms with Gasteiger partial charge in [0.2, 0.25) is 11.9 Å². The summed E-state index contributed by atoms with van der Waals surface area (Å²) in [6, 6.07) is 14.0. The van der Waals surface area contributed by atoms with Crippen molar-refractivity contribution in [2.45, 2.75) is 32.7 Å². The minimum absolute atomic E-state index is 0.00573. The monoisotopic (exact) mass is 376 g/mol. The van der Waals surface area contributed by atoms with Gasteiger partial charge in [0, 0.05) is 5.56 Å². The fourth-order valence-corrected chi connectivity index (χ4v) is 2.78. The van der Waals surface area contributed by atoms with Gasteiger partial charge in [-0.05, 0) is 36.8 Å². The number of rotatable bonds is 4. The average Bonchev–Trinajstić information content (AvgIpc) is 3.30. The molecule has 0 bridgehead atoms. The van der Waals surface area contributed by atoms with Crippen LogP contribution in [-0.4, -0.2) is 41.3 Å². The molecule has 0 radical (unpaired) electrons. The Labute approximate surface area is 161 Å². The number of carbonyl (C=O) groups excluding carboxylic acids is 1. The van der Waals surface area contributed by atoms with E-state index in [-0.39, 0.29) is 23.8 Å². The van der Waals surface area contributed by atoms with E-state index >= 15 is 0 Å². The maximum absolute atomic E-state index is 12.3. The zero-order chi connectivity index (χ0) is 19.7. The summed E-state index contributed by atoms with van der Waals surface area (Å²) >= 11 is 0. The number of amides is 1. The molecule has 0 unspecified atom stereocenters. The van der Waals surface area contributed by atoms with Crippen LogP contribution in [0.4, 0.5) is 5.95 Å². The number of carbonyl (C=O) groups is 1. The predicted molar refractivity (Wildman–Crippen MR) is 104 cm³/mol. The molecule has 0 aliphatic carbocycles. The maximum Gasteiger partial charge on any atom is 0.249 e. The number of hydrogen-bond donors (Lipinski definition) is 2. The van der Waals surface area contributed by atoms with Crippen molar-refractivity contribution < 1.29 is 4.79 Å². The molecule has 2 aromatic carbocycles. The molecule has 2 N–H and O–H groups in total. The number of aromatic amines is 1. The number of hydrogen-bond acceptors (Lipinski definition) is 6. The van der Waals surface area contributed by atoms with Gasteiger partial charge in [0.15, 0.2) is 11.6 Å². The van der Waals surface area contributed by atoms with Gasteiger partial charge >= 0.3 is 0 Å². The van der Waals surface area contributed by atoms with E-state index in [1.54, 1.807) is 0 Å². The van der Waals surface area contributed by atoms with E-state index in [9.17, 15) is 4.79 Å². The summed E-state index contributed by atoms with van der Waals surface area (Å²) in [5.41, 5.74) is 0.625. The van der Waals surface area contributed by atoms with Crippen molar-refractivity contribution in [2.24, 2.45) is 0 Å². The molecule has 0 saturated carbocycles. The lowest BCUT2D eigenvalue weighted by molar-refractivity contribution is -0.115. The highest BCUT2D eigenvalue weighted by Gasteiger charge is 2.19. The summed E-state index contributed by atoms with van der Waals surface area (Å²) in [6.07, 6.45) is -0.00573. The molecule has 4 rings (SSSR count). The Kier molecular flexibility index (Phi) is 4.34. The van der Waals surface area contributed by atoms with Crippen LogP contribution in [0.1, 0.15) is 26.6 Å². The molecular weight excluding hydrogens is 356 g/mol. The Hall–Kier alpha value is -3.62. The highest BCUT2D eigenvalue weighted by Crippen LogP contribution is 2.26. The van der Waals surface area contributed by atoms with Crippen LogP contribution in [0, 0.1) is 0 Å². The Bertz CT molecular complexity index is 1130. The maximum atomic E-state index is 12.3. The summed E-state index contributed by atoms with van der Waals surface area (Å²) in [5.74, 6) is 0.828. The van der Waals surface area contributed by atoms with E-state index in [4.69, 9.17) is 0 Å². The van der Waals surface area contributed by atoms with Crippen molar-refractivity contribution in [3.05, 3.63) is 48.3 Å².